The van der Waals surface area contributed by atoms with Crippen LogP contribution in [0.4, 0.5) is 0 Å². The Balaban J connectivity index is 2.69. The molecule has 0 aromatic carbocycles. The van der Waals surface area contributed by atoms with Crippen molar-refractivity contribution in [2.45, 2.75) is 64.5 Å². The molecule has 1 heterocycles. The largest absolute Gasteiger partial charge is 0.329 e. The first-order valence-corrected chi connectivity index (χ1v) is 7.75. The minimum absolute atomic E-state index is 0.234. The van der Waals surface area contributed by atoms with Crippen LogP contribution in [0.25, 0.3) is 0 Å². The third-order valence-electron chi connectivity index (χ3n) is 4.93. The third-order valence-corrected chi connectivity index (χ3v) is 4.93. The minimum atomic E-state index is 0.234. The highest BCUT2D eigenvalue weighted by atomic mass is 15.2. The Morgan fingerprint density at radius 1 is 1.28 bits per heavy atom. The molecule has 0 saturated carbocycles. The first kappa shape index (κ1) is 15.9. The summed E-state index contributed by atoms with van der Waals surface area (Å²) in [5.41, 5.74) is 6.39. The Morgan fingerprint density at radius 2 is 2.00 bits per heavy atom. The lowest BCUT2D eigenvalue weighted by molar-refractivity contribution is 0.0678. The Hall–Kier alpha value is -0.120. The second-order valence-corrected chi connectivity index (χ2v) is 5.99. The number of likely N-dealkylation sites (tertiary alicyclic amines) is 1. The summed E-state index contributed by atoms with van der Waals surface area (Å²) in [7, 11) is 2.27. The van der Waals surface area contributed by atoms with Crippen molar-refractivity contribution in [3.05, 3.63) is 0 Å². The molecule has 2 atom stereocenters. The second kappa shape index (κ2) is 7.46. The zero-order valence-electron chi connectivity index (χ0n) is 12.9. The van der Waals surface area contributed by atoms with Gasteiger partial charge in [0, 0.05) is 18.1 Å². The lowest BCUT2D eigenvalue weighted by atomic mass is 9.87. The molecule has 0 amide bonds. The van der Waals surface area contributed by atoms with Gasteiger partial charge in [0.15, 0.2) is 0 Å². The molecular formula is C15H33N3. The summed E-state index contributed by atoms with van der Waals surface area (Å²) in [4.78, 5) is 5.17. The molecule has 3 nitrogen and oxygen atoms in total. The van der Waals surface area contributed by atoms with Gasteiger partial charge in [0.2, 0.25) is 0 Å². The fourth-order valence-electron chi connectivity index (χ4n) is 3.22. The molecule has 2 unspecified atom stereocenters. The average Bonchev–Trinajstić information content (AvgIpc) is 2.61. The van der Waals surface area contributed by atoms with Crippen LogP contribution in [-0.2, 0) is 0 Å². The van der Waals surface area contributed by atoms with Crippen LogP contribution in [0.1, 0.15) is 52.9 Å². The van der Waals surface area contributed by atoms with Crippen molar-refractivity contribution in [2.75, 3.05) is 33.2 Å². The Kier molecular flexibility index (Phi) is 6.61. The van der Waals surface area contributed by atoms with Gasteiger partial charge in [0.25, 0.3) is 0 Å². The average molecular weight is 255 g/mol. The van der Waals surface area contributed by atoms with E-state index in [1.807, 2.05) is 0 Å². The van der Waals surface area contributed by atoms with Gasteiger partial charge in [-0.1, -0.05) is 13.8 Å². The molecule has 0 aliphatic carbocycles. The first-order chi connectivity index (χ1) is 8.59. The fraction of sp³-hybridized carbons (Fsp3) is 1.00. The van der Waals surface area contributed by atoms with Crippen molar-refractivity contribution >= 4 is 0 Å². The maximum Gasteiger partial charge on any atom is 0.0344 e. The number of hydrogen-bond acceptors (Lipinski definition) is 3. The Morgan fingerprint density at radius 3 is 2.56 bits per heavy atom. The number of hydrogen-bond donors (Lipinski definition) is 1. The van der Waals surface area contributed by atoms with Crippen LogP contribution < -0.4 is 5.73 Å². The van der Waals surface area contributed by atoms with Gasteiger partial charge in [0.05, 0.1) is 0 Å². The van der Waals surface area contributed by atoms with Crippen LogP contribution in [0.3, 0.4) is 0 Å². The molecule has 0 aromatic heterocycles. The maximum absolute atomic E-state index is 6.16. The molecule has 2 N–H and O–H groups in total. The van der Waals surface area contributed by atoms with Gasteiger partial charge in [-0.2, -0.15) is 0 Å². The maximum atomic E-state index is 6.16. The summed E-state index contributed by atoms with van der Waals surface area (Å²) >= 11 is 0. The molecule has 3 heteroatoms. The van der Waals surface area contributed by atoms with Crippen molar-refractivity contribution in [3.63, 3.8) is 0 Å². The molecule has 1 rings (SSSR count). The number of likely N-dealkylation sites (N-methyl/N-ethyl adjacent to an activating group) is 1. The number of nitrogens with zero attached hydrogens (tertiary/aromatic N) is 2. The van der Waals surface area contributed by atoms with Crippen molar-refractivity contribution in [3.8, 4) is 0 Å². The Bertz CT molecular complexity index is 232. The summed E-state index contributed by atoms with van der Waals surface area (Å²) in [5, 5.41) is 0. The van der Waals surface area contributed by atoms with Crippen molar-refractivity contribution in [1.29, 1.82) is 0 Å². The topological polar surface area (TPSA) is 32.5 Å². The number of nitrogens with two attached hydrogens (primary N) is 1. The molecule has 1 fully saturated rings. The standard InChI is InChI=1S/C15H33N3/c1-5-10-18-11-7-8-15(13-16,9-12-18)17(4)14(3)6-2/h14H,5-13,16H2,1-4H3. The Labute approximate surface area is 114 Å². The van der Waals surface area contributed by atoms with E-state index in [9.17, 15) is 0 Å². The smallest absolute Gasteiger partial charge is 0.0344 e. The third kappa shape index (κ3) is 3.69. The van der Waals surface area contributed by atoms with E-state index in [1.165, 1.54) is 51.7 Å². The van der Waals surface area contributed by atoms with Crippen molar-refractivity contribution in [2.24, 2.45) is 5.73 Å². The molecule has 0 radical (unpaired) electrons. The lowest BCUT2D eigenvalue weighted by Gasteiger charge is -2.44. The molecule has 0 aromatic rings. The van der Waals surface area contributed by atoms with Crippen LogP contribution in [0.2, 0.25) is 0 Å². The summed E-state index contributed by atoms with van der Waals surface area (Å²) in [6, 6.07) is 0.631. The zero-order valence-corrected chi connectivity index (χ0v) is 12.9. The van der Waals surface area contributed by atoms with Crippen molar-refractivity contribution in [1.82, 2.24) is 9.80 Å². The highest BCUT2D eigenvalue weighted by molar-refractivity contribution is 4.94. The summed E-state index contributed by atoms with van der Waals surface area (Å²) in [6.07, 6.45) is 6.24. The molecule has 1 saturated heterocycles. The summed E-state index contributed by atoms with van der Waals surface area (Å²) in [5.74, 6) is 0. The van der Waals surface area contributed by atoms with Crippen LogP contribution in [0, 0.1) is 0 Å². The van der Waals surface area contributed by atoms with Crippen LogP contribution in [-0.4, -0.2) is 54.6 Å². The molecule has 0 spiro atoms. The van der Waals surface area contributed by atoms with Gasteiger partial charge >= 0.3 is 0 Å². The van der Waals surface area contributed by atoms with Gasteiger partial charge in [-0.3, -0.25) is 4.90 Å². The monoisotopic (exact) mass is 255 g/mol. The molecule has 1 aliphatic heterocycles. The van der Waals surface area contributed by atoms with E-state index >= 15 is 0 Å². The van der Waals surface area contributed by atoms with Gasteiger partial charge < -0.3 is 10.6 Å². The molecule has 1 aliphatic rings. The molecule has 108 valence electrons. The molecule has 0 bridgehead atoms. The normalized spacial score (nSPS) is 28.3. The van der Waals surface area contributed by atoms with Crippen LogP contribution >= 0.6 is 0 Å². The predicted octanol–water partition coefficient (Wildman–Crippen LogP) is 2.31. The molecule has 18 heavy (non-hydrogen) atoms. The summed E-state index contributed by atoms with van der Waals surface area (Å²) in [6.45, 7) is 11.4. The fourth-order valence-corrected chi connectivity index (χ4v) is 3.22. The zero-order chi connectivity index (χ0) is 13.6. The van der Waals surface area contributed by atoms with Crippen LogP contribution in [0.5, 0.6) is 0 Å². The predicted molar refractivity (Wildman–Crippen MR) is 79.9 cm³/mol. The van der Waals surface area contributed by atoms with E-state index in [-0.39, 0.29) is 5.54 Å². The summed E-state index contributed by atoms with van der Waals surface area (Å²) < 4.78 is 0. The van der Waals surface area contributed by atoms with Crippen molar-refractivity contribution < 1.29 is 0 Å². The lowest BCUT2D eigenvalue weighted by Crippen LogP contribution is -2.55. The SMILES string of the molecule is CCCN1CCCC(CN)(N(C)C(C)CC)CC1. The van der Waals surface area contributed by atoms with E-state index < -0.39 is 0 Å². The quantitative estimate of drug-likeness (QED) is 0.790. The van der Waals surface area contributed by atoms with E-state index in [4.69, 9.17) is 5.73 Å². The second-order valence-electron chi connectivity index (χ2n) is 5.99. The van der Waals surface area contributed by atoms with E-state index in [2.05, 4.69) is 37.6 Å². The van der Waals surface area contributed by atoms with Gasteiger partial charge in [-0.15, -0.1) is 0 Å². The minimum Gasteiger partial charge on any atom is -0.329 e. The van der Waals surface area contributed by atoms with E-state index in [1.54, 1.807) is 0 Å². The van der Waals surface area contributed by atoms with E-state index in [0.29, 0.717) is 6.04 Å². The molecular weight excluding hydrogens is 222 g/mol. The highest BCUT2D eigenvalue weighted by Crippen LogP contribution is 2.29. The first-order valence-electron chi connectivity index (χ1n) is 7.75. The van der Waals surface area contributed by atoms with Gasteiger partial charge in [-0.25, -0.2) is 0 Å². The van der Waals surface area contributed by atoms with E-state index in [0.717, 1.165) is 6.54 Å². The van der Waals surface area contributed by atoms with Gasteiger partial charge in [-0.05, 0) is 65.7 Å². The van der Waals surface area contributed by atoms with Gasteiger partial charge in [0.1, 0.15) is 0 Å². The highest BCUT2D eigenvalue weighted by Gasteiger charge is 2.36. The number of rotatable bonds is 6. The van der Waals surface area contributed by atoms with Crippen LogP contribution in [0.15, 0.2) is 0 Å².